The van der Waals surface area contributed by atoms with Crippen LogP contribution in [0.15, 0.2) is 0 Å². The summed E-state index contributed by atoms with van der Waals surface area (Å²) in [6.07, 6.45) is 0. The van der Waals surface area contributed by atoms with E-state index in [1.54, 1.807) is 20.8 Å². The number of carbonyl (C=O) groups is 2. The van der Waals surface area contributed by atoms with Crippen LogP contribution in [0.2, 0.25) is 5.32 Å². The molecule has 0 aliphatic heterocycles. The van der Waals surface area contributed by atoms with E-state index < -0.39 is 29.0 Å². The van der Waals surface area contributed by atoms with E-state index in [2.05, 4.69) is 0 Å². The summed E-state index contributed by atoms with van der Waals surface area (Å²) in [5.41, 5.74) is -0.994. The van der Waals surface area contributed by atoms with Crippen LogP contribution in [0.25, 0.3) is 0 Å². The summed E-state index contributed by atoms with van der Waals surface area (Å²) >= 11 is 11.7. The van der Waals surface area contributed by atoms with Crippen molar-refractivity contribution < 1.29 is 9.59 Å². The molecule has 0 aromatic rings. The fraction of sp³-hybridized carbons (Fsp3) is 0.833. The standard InChI is InChI=1S/C12H20Cl2O2Se/c1-10(2,3)8(15)7-17-12(13,14)9(16)11(4,5)6/h7H2,1-6H3. The zero-order valence-electron chi connectivity index (χ0n) is 11.2. The van der Waals surface area contributed by atoms with Gasteiger partial charge in [0.1, 0.15) is 0 Å². The first-order valence-corrected chi connectivity index (χ1v) is 8.21. The molecule has 0 saturated heterocycles. The van der Waals surface area contributed by atoms with Gasteiger partial charge in [-0.25, -0.2) is 0 Å². The number of halogens is 2. The molecular formula is C12H20Cl2O2Se. The number of hydrogen-bond donors (Lipinski definition) is 0. The fourth-order valence-electron chi connectivity index (χ4n) is 0.875. The van der Waals surface area contributed by atoms with Gasteiger partial charge in [0.15, 0.2) is 0 Å². The summed E-state index contributed by atoms with van der Waals surface area (Å²) < 4.78 is -1.41. The predicted molar refractivity (Wildman–Crippen MR) is 73.9 cm³/mol. The van der Waals surface area contributed by atoms with E-state index in [4.69, 9.17) is 23.2 Å². The molecule has 0 amide bonds. The van der Waals surface area contributed by atoms with Crippen molar-refractivity contribution >= 4 is 49.7 Å². The van der Waals surface area contributed by atoms with Crippen LogP contribution < -0.4 is 0 Å². The van der Waals surface area contributed by atoms with Gasteiger partial charge in [0.05, 0.1) is 0 Å². The number of hydrogen-bond acceptors (Lipinski definition) is 2. The van der Waals surface area contributed by atoms with Crippen LogP contribution in [-0.2, 0) is 9.59 Å². The van der Waals surface area contributed by atoms with E-state index in [0.29, 0.717) is 0 Å². The van der Waals surface area contributed by atoms with Crippen molar-refractivity contribution in [3.8, 4) is 0 Å². The Kier molecular flexibility index (Phi) is 5.75. The van der Waals surface area contributed by atoms with Gasteiger partial charge in [0.2, 0.25) is 0 Å². The van der Waals surface area contributed by atoms with Crippen molar-refractivity contribution in [2.75, 3.05) is 0 Å². The average Bonchev–Trinajstić information content (AvgIpc) is 2.10. The normalized spacial score (nSPS) is 13.6. The van der Waals surface area contributed by atoms with Gasteiger partial charge < -0.3 is 0 Å². The van der Waals surface area contributed by atoms with Crippen molar-refractivity contribution in [3.05, 3.63) is 0 Å². The maximum absolute atomic E-state index is 12.0. The van der Waals surface area contributed by atoms with Gasteiger partial charge in [-0.15, -0.1) is 0 Å². The Hall–Kier alpha value is 0.439. The molecule has 5 heteroatoms. The molecule has 0 spiro atoms. The summed E-state index contributed by atoms with van der Waals surface area (Å²) in [7, 11) is 0. The van der Waals surface area contributed by atoms with Crippen LogP contribution in [0.1, 0.15) is 41.5 Å². The van der Waals surface area contributed by atoms with Crippen LogP contribution in [0.5, 0.6) is 0 Å². The molecule has 0 aromatic heterocycles. The van der Waals surface area contributed by atoms with Crippen molar-refractivity contribution in [2.45, 2.75) is 50.1 Å². The van der Waals surface area contributed by atoms with Crippen LogP contribution in [0, 0.1) is 10.8 Å². The second-order valence-electron chi connectivity index (χ2n) is 6.06. The van der Waals surface area contributed by atoms with Gasteiger partial charge >= 0.3 is 120 Å². The Bertz CT molecular complexity index is 311. The first-order chi connectivity index (χ1) is 7.28. The maximum atomic E-state index is 12.0. The quantitative estimate of drug-likeness (QED) is 0.577. The Morgan fingerprint density at radius 1 is 0.941 bits per heavy atom. The first-order valence-electron chi connectivity index (χ1n) is 5.38. The van der Waals surface area contributed by atoms with Crippen molar-refractivity contribution in [1.29, 1.82) is 0 Å². The number of alkyl halides is 2. The Morgan fingerprint density at radius 3 is 1.65 bits per heavy atom. The van der Waals surface area contributed by atoms with Gasteiger partial charge in [-0.3, -0.25) is 0 Å². The molecule has 0 aromatic carbocycles. The summed E-state index contributed by atoms with van der Waals surface area (Å²) in [6, 6.07) is 0. The third kappa shape index (κ3) is 5.74. The molecule has 0 N–H and O–H groups in total. The van der Waals surface area contributed by atoms with Crippen molar-refractivity contribution in [3.63, 3.8) is 0 Å². The molecule has 0 radical (unpaired) electrons. The summed E-state index contributed by atoms with van der Waals surface area (Å²) in [4.78, 5) is 23.8. The molecule has 0 fully saturated rings. The molecular weight excluding hydrogens is 326 g/mol. The van der Waals surface area contributed by atoms with Crippen LogP contribution in [0.4, 0.5) is 0 Å². The van der Waals surface area contributed by atoms with E-state index in [1.807, 2.05) is 20.8 Å². The average molecular weight is 346 g/mol. The van der Waals surface area contributed by atoms with Crippen LogP contribution >= 0.6 is 23.2 Å². The summed E-state index contributed by atoms with van der Waals surface area (Å²) in [5.74, 6) is -0.125. The van der Waals surface area contributed by atoms with Gasteiger partial charge in [0.25, 0.3) is 0 Å². The van der Waals surface area contributed by atoms with Gasteiger partial charge in [-0.05, 0) is 0 Å². The Balaban J connectivity index is 4.59. The van der Waals surface area contributed by atoms with Crippen LogP contribution in [0.3, 0.4) is 0 Å². The topological polar surface area (TPSA) is 34.1 Å². The monoisotopic (exact) mass is 346 g/mol. The Labute approximate surface area is 120 Å². The van der Waals surface area contributed by atoms with Gasteiger partial charge in [0, 0.05) is 0 Å². The number of rotatable bonds is 4. The molecule has 0 heterocycles. The zero-order chi connectivity index (χ0) is 14.1. The van der Waals surface area contributed by atoms with E-state index in [1.165, 1.54) is 0 Å². The first kappa shape index (κ1) is 17.4. The molecule has 100 valence electrons. The van der Waals surface area contributed by atoms with Gasteiger partial charge in [-0.1, -0.05) is 0 Å². The van der Waals surface area contributed by atoms with Crippen LogP contribution in [-0.4, -0.2) is 29.8 Å². The molecule has 0 aliphatic carbocycles. The number of carbonyl (C=O) groups excluding carboxylic acids is 2. The number of Topliss-reactive ketones (excluding diaryl/α,β-unsaturated/α-hetero) is 2. The molecule has 0 atom stereocenters. The van der Waals surface area contributed by atoms with Crippen molar-refractivity contribution in [1.82, 2.24) is 0 Å². The minimum absolute atomic E-state index is 0.0879. The summed E-state index contributed by atoms with van der Waals surface area (Å²) in [5, 5.41) is 0.283. The van der Waals surface area contributed by atoms with Gasteiger partial charge in [-0.2, -0.15) is 0 Å². The van der Waals surface area contributed by atoms with Crippen molar-refractivity contribution in [2.24, 2.45) is 10.8 Å². The molecule has 0 bridgehead atoms. The van der Waals surface area contributed by atoms with E-state index >= 15 is 0 Å². The van der Waals surface area contributed by atoms with E-state index in [9.17, 15) is 9.59 Å². The fourth-order valence-corrected chi connectivity index (χ4v) is 4.49. The predicted octanol–water partition coefficient (Wildman–Crippen LogP) is 3.47. The minimum atomic E-state index is -1.41. The molecule has 0 unspecified atom stereocenters. The number of ketones is 2. The van der Waals surface area contributed by atoms with E-state index in [0.717, 1.165) is 0 Å². The molecule has 2 nitrogen and oxygen atoms in total. The molecule has 0 saturated carbocycles. The van der Waals surface area contributed by atoms with E-state index in [-0.39, 0.29) is 16.9 Å². The second kappa shape index (κ2) is 5.61. The molecule has 17 heavy (non-hydrogen) atoms. The molecule has 0 aliphatic rings. The molecule has 0 rings (SSSR count). The second-order valence-corrected chi connectivity index (χ2v) is 10.9. The Morgan fingerprint density at radius 2 is 1.35 bits per heavy atom. The zero-order valence-corrected chi connectivity index (χ0v) is 14.4. The summed E-state index contributed by atoms with van der Waals surface area (Å²) in [6.45, 7) is 10.9. The third-order valence-electron chi connectivity index (χ3n) is 2.17. The third-order valence-corrected chi connectivity index (χ3v) is 5.65. The SMILES string of the molecule is CC(C)(C)C(=O)C[Se]C(Cl)(Cl)C(=O)C(C)(C)C.